The molecule has 0 aliphatic heterocycles. The number of anilines is 2. The molecule has 0 aliphatic carbocycles. The van der Waals surface area contributed by atoms with Crippen molar-refractivity contribution in [2.75, 3.05) is 31.3 Å². The lowest BCUT2D eigenvalue weighted by atomic mass is 10.0. The summed E-state index contributed by atoms with van der Waals surface area (Å²) >= 11 is 0. The molecule has 35 heavy (non-hydrogen) atoms. The van der Waals surface area contributed by atoms with Crippen molar-refractivity contribution in [3.05, 3.63) is 84.4 Å². The van der Waals surface area contributed by atoms with Crippen molar-refractivity contribution in [2.45, 2.75) is 17.4 Å². The van der Waals surface area contributed by atoms with Crippen LogP contribution in [-0.4, -0.2) is 47.0 Å². The maximum atomic E-state index is 13.3. The molecule has 10 heteroatoms. The zero-order valence-electron chi connectivity index (χ0n) is 19.5. The number of sulfonamides is 1. The molecule has 0 spiro atoms. The Morgan fingerprint density at radius 3 is 2.31 bits per heavy atom. The molecule has 0 heterocycles. The Balaban J connectivity index is 1.73. The molecule has 1 atom stereocenters. The molecule has 0 saturated carbocycles. The van der Waals surface area contributed by atoms with Gasteiger partial charge in [-0.05, 0) is 48.0 Å². The first-order valence-electron chi connectivity index (χ1n) is 10.8. The summed E-state index contributed by atoms with van der Waals surface area (Å²) in [5, 5.41) is 2.67. The van der Waals surface area contributed by atoms with Gasteiger partial charge in [0.05, 0.1) is 18.6 Å². The molecule has 0 unspecified atom stereocenters. The van der Waals surface area contributed by atoms with Gasteiger partial charge in [0, 0.05) is 24.8 Å². The zero-order valence-corrected chi connectivity index (χ0v) is 20.3. The number of nitrogens with two attached hydrogens (primary N) is 1. The first kappa shape index (κ1) is 25.7. The molecule has 0 saturated heterocycles. The smallest absolute Gasteiger partial charge is 0.249 e. The van der Waals surface area contributed by atoms with Crippen molar-refractivity contribution >= 4 is 33.2 Å². The number of rotatable bonds is 10. The highest BCUT2D eigenvalue weighted by Gasteiger charge is 2.26. The number of nitrogens with one attached hydrogen (secondary N) is 2. The van der Waals surface area contributed by atoms with Gasteiger partial charge in [0.1, 0.15) is 11.8 Å². The minimum Gasteiger partial charge on any atom is -0.497 e. The van der Waals surface area contributed by atoms with Gasteiger partial charge in [0.25, 0.3) is 0 Å². The van der Waals surface area contributed by atoms with E-state index in [1.54, 1.807) is 44.5 Å². The van der Waals surface area contributed by atoms with Crippen molar-refractivity contribution in [3.63, 3.8) is 0 Å². The lowest BCUT2D eigenvalue weighted by molar-refractivity contribution is -0.126. The normalized spacial score (nSPS) is 11.9. The van der Waals surface area contributed by atoms with Crippen LogP contribution in [0, 0.1) is 0 Å². The first-order chi connectivity index (χ1) is 16.7. The van der Waals surface area contributed by atoms with Crippen LogP contribution in [-0.2, 0) is 26.0 Å². The average Bonchev–Trinajstić information content (AvgIpc) is 2.87. The predicted molar refractivity (Wildman–Crippen MR) is 135 cm³/mol. The molecule has 3 aromatic carbocycles. The van der Waals surface area contributed by atoms with Crippen molar-refractivity contribution in [2.24, 2.45) is 0 Å². The van der Waals surface area contributed by atoms with Crippen molar-refractivity contribution < 1.29 is 22.7 Å². The predicted octanol–water partition coefficient (Wildman–Crippen LogP) is 1.95. The Labute approximate surface area is 204 Å². The number of nitrogens with zero attached hydrogens (tertiary/aromatic N) is 1. The fourth-order valence-corrected chi connectivity index (χ4v) is 4.42. The van der Waals surface area contributed by atoms with Gasteiger partial charge in [-0.15, -0.1) is 0 Å². The SMILES string of the molecule is COc1ccc(N(C)C(=O)[C@H](Cc2ccccc2)NC(=O)CNS(=O)(=O)c2cccc(N)c2)cc1. The number of likely N-dealkylation sites (N-methyl/N-ethyl adjacent to an activating group) is 1. The number of nitrogen functional groups attached to an aromatic ring is 1. The number of amides is 2. The lowest BCUT2D eigenvalue weighted by Gasteiger charge is -2.25. The van der Waals surface area contributed by atoms with Crippen molar-refractivity contribution in [1.82, 2.24) is 10.0 Å². The second-order valence-electron chi connectivity index (χ2n) is 7.80. The number of ether oxygens (including phenoxy) is 1. The first-order valence-corrected chi connectivity index (χ1v) is 12.3. The maximum Gasteiger partial charge on any atom is 0.249 e. The number of methoxy groups -OCH3 is 1. The Morgan fingerprint density at radius 2 is 1.69 bits per heavy atom. The molecule has 184 valence electrons. The Kier molecular flexibility index (Phi) is 8.45. The summed E-state index contributed by atoms with van der Waals surface area (Å²) in [4.78, 5) is 27.4. The highest BCUT2D eigenvalue weighted by Crippen LogP contribution is 2.19. The van der Waals surface area contributed by atoms with Gasteiger partial charge < -0.3 is 20.7 Å². The number of carbonyl (C=O) groups excluding carboxylic acids is 2. The van der Waals surface area contributed by atoms with Gasteiger partial charge >= 0.3 is 0 Å². The number of hydrogen-bond acceptors (Lipinski definition) is 6. The number of benzene rings is 3. The summed E-state index contributed by atoms with van der Waals surface area (Å²) in [7, 11) is -0.797. The fraction of sp³-hybridized carbons (Fsp3) is 0.200. The monoisotopic (exact) mass is 496 g/mol. The van der Waals surface area contributed by atoms with Gasteiger partial charge in [0.2, 0.25) is 21.8 Å². The second kappa shape index (κ2) is 11.5. The van der Waals surface area contributed by atoms with Crippen LogP contribution in [0.1, 0.15) is 5.56 Å². The quantitative estimate of drug-likeness (QED) is 0.368. The molecule has 3 rings (SSSR count). The third-order valence-electron chi connectivity index (χ3n) is 5.30. The maximum absolute atomic E-state index is 13.3. The average molecular weight is 497 g/mol. The van der Waals surface area contributed by atoms with Crippen LogP contribution < -0.4 is 25.4 Å². The van der Waals surface area contributed by atoms with Crippen molar-refractivity contribution in [3.8, 4) is 5.75 Å². The molecule has 3 aromatic rings. The standard InChI is InChI=1S/C25H28N4O5S/c1-29(20-11-13-21(34-2)14-12-20)25(31)23(15-18-7-4-3-5-8-18)28-24(30)17-27-35(32,33)22-10-6-9-19(26)16-22/h3-14,16,23,27H,15,17,26H2,1-2H3,(H,28,30)/t23-/m0/s1. The van der Waals surface area contributed by atoms with E-state index in [-0.39, 0.29) is 22.9 Å². The minimum atomic E-state index is -3.96. The Bertz CT molecular complexity index is 1260. The summed E-state index contributed by atoms with van der Waals surface area (Å²) < 4.78 is 32.4. The Morgan fingerprint density at radius 1 is 1.00 bits per heavy atom. The zero-order chi connectivity index (χ0) is 25.4. The number of hydrogen-bond donors (Lipinski definition) is 3. The molecule has 9 nitrogen and oxygen atoms in total. The van der Waals surface area contributed by atoms with Crippen LogP contribution in [0.25, 0.3) is 0 Å². The third kappa shape index (κ3) is 7.05. The molecule has 0 aromatic heterocycles. The highest BCUT2D eigenvalue weighted by molar-refractivity contribution is 7.89. The van der Waals surface area contributed by atoms with Crippen LogP contribution in [0.3, 0.4) is 0 Å². The Hall–Kier alpha value is -3.89. The van der Waals surface area contributed by atoms with Crippen LogP contribution in [0.2, 0.25) is 0 Å². The van der Waals surface area contributed by atoms with Gasteiger partial charge in [-0.1, -0.05) is 36.4 Å². The van der Waals surface area contributed by atoms with E-state index < -0.39 is 28.5 Å². The molecule has 2 amide bonds. The van der Waals surface area contributed by atoms with Gasteiger partial charge in [-0.3, -0.25) is 9.59 Å². The van der Waals surface area contributed by atoms with E-state index in [1.165, 1.54) is 23.1 Å². The van der Waals surface area contributed by atoms with Crippen LogP contribution in [0.15, 0.2) is 83.8 Å². The highest BCUT2D eigenvalue weighted by atomic mass is 32.2. The van der Waals surface area contributed by atoms with Crippen LogP contribution in [0.5, 0.6) is 5.75 Å². The number of carbonyl (C=O) groups is 2. The molecular formula is C25H28N4O5S. The van der Waals surface area contributed by atoms with E-state index in [0.29, 0.717) is 11.4 Å². The summed E-state index contributed by atoms with van der Waals surface area (Å²) in [5.74, 6) is -0.350. The van der Waals surface area contributed by atoms with E-state index in [0.717, 1.165) is 5.56 Å². The van der Waals surface area contributed by atoms with E-state index in [1.807, 2.05) is 30.3 Å². The van der Waals surface area contributed by atoms with E-state index >= 15 is 0 Å². The van der Waals surface area contributed by atoms with Gasteiger partial charge in [0.15, 0.2) is 0 Å². The van der Waals surface area contributed by atoms with Crippen LogP contribution in [0.4, 0.5) is 11.4 Å². The third-order valence-corrected chi connectivity index (χ3v) is 6.70. The largest absolute Gasteiger partial charge is 0.497 e. The lowest BCUT2D eigenvalue weighted by Crippen LogP contribution is -2.51. The van der Waals surface area contributed by atoms with Crippen LogP contribution >= 0.6 is 0 Å². The molecular weight excluding hydrogens is 468 g/mol. The van der Waals surface area contributed by atoms with E-state index in [4.69, 9.17) is 10.5 Å². The molecule has 0 aliphatic rings. The summed E-state index contributed by atoms with van der Waals surface area (Å²) in [6.45, 7) is -0.540. The molecule has 0 bridgehead atoms. The molecule has 0 fully saturated rings. The van der Waals surface area contributed by atoms with Gasteiger partial charge in [-0.2, -0.15) is 0 Å². The second-order valence-corrected chi connectivity index (χ2v) is 9.57. The topological polar surface area (TPSA) is 131 Å². The van der Waals surface area contributed by atoms with E-state index in [9.17, 15) is 18.0 Å². The summed E-state index contributed by atoms with van der Waals surface area (Å²) in [5.41, 5.74) is 7.40. The molecule has 0 radical (unpaired) electrons. The minimum absolute atomic E-state index is 0.0542. The summed E-state index contributed by atoms with van der Waals surface area (Å²) in [6.07, 6.45) is 0.230. The van der Waals surface area contributed by atoms with Gasteiger partial charge in [-0.25, -0.2) is 13.1 Å². The summed E-state index contributed by atoms with van der Waals surface area (Å²) in [6, 6.07) is 21.0. The van der Waals surface area contributed by atoms with E-state index in [2.05, 4.69) is 10.0 Å². The van der Waals surface area contributed by atoms with Crippen molar-refractivity contribution in [1.29, 1.82) is 0 Å². The molecule has 4 N–H and O–H groups in total. The fourth-order valence-electron chi connectivity index (χ4n) is 3.39.